The molecule has 0 heterocycles. The van der Waals surface area contributed by atoms with Crippen molar-refractivity contribution in [3.8, 4) is 6.07 Å². The minimum atomic E-state index is -0.251. The number of hydrogen-bond acceptors (Lipinski definition) is 2. The molecule has 0 aromatic heterocycles. The third-order valence-corrected chi connectivity index (χ3v) is 2.53. The van der Waals surface area contributed by atoms with E-state index in [1.165, 1.54) is 5.56 Å². The number of rotatable bonds is 5. The van der Waals surface area contributed by atoms with Crippen LogP contribution >= 0.6 is 0 Å². The van der Waals surface area contributed by atoms with Crippen LogP contribution in [0.1, 0.15) is 36.9 Å². The molecule has 84 valence electrons. The summed E-state index contributed by atoms with van der Waals surface area (Å²) in [7, 11) is 0. The van der Waals surface area contributed by atoms with Crippen LogP contribution in [0.3, 0.4) is 0 Å². The van der Waals surface area contributed by atoms with Gasteiger partial charge in [-0.3, -0.25) is 5.32 Å². The van der Waals surface area contributed by atoms with E-state index in [1.807, 2.05) is 12.1 Å². The number of nitrogens with zero attached hydrogens (tertiary/aromatic N) is 1. The van der Waals surface area contributed by atoms with Crippen molar-refractivity contribution in [2.24, 2.45) is 0 Å². The SMILES string of the molecule is C=CCNC(C#N)c1ccc(C(C)C)cc1. The molecule has 0 aliphatic carbocycles. The zero-order chi connectivity index (χ0) is 12.0. The summed E-state index contributed by atoms with van der Waals surface area (Å²) in [4.78, 5) is 0. The summed E-state index contributed by atoms with van der Waals surface area (Å²) in [6.07, 6.45) is 1.76. The van der Waals surface area contributed by atoms with Crippen LogP contribution in [0.5, 0.6) is 0 Å². The summed E-state index contributed by atoms with van der Waals surface area (Å²) >= 11 is 0. The van der Waals surface area contributed by atoms with Gasteiger partial charge < -0.3 is 0 Å². The number of nitrogens with one attached hydrogen (secondary N) is 1. The first-order chi connectivity index (χ1) is 7.69. The van der Waals surface area contributed by atoms with Crippen LogP contribution in [-0.4, -0.2) is 6.54 Å². The fourth-order valence-electron chi connectivity index (χ4n) is 1.51. The lowest BCUT2D eigenvalue weighted by Gasteiger charge is -2.12. The molecule has 2 heteroatoms. The van der Waals surface area contributed by atoms with Crippen LogP contribution in [-0.2, 0) is 0 Å². The summed E-state index contributed by atoms with van der Waals surface area (Å²) in [6.45, 7) is 8.59. The monoisotopic (exact) mass is 214 g/mol. The Balaban J connectivity index is 2.79. The number of nitriles is 1. The van der Waals surface area contributed by atoms with E-state index in [4.69, 9.17) is 5.26 Å². The highest BCUT2D eigenvalue weighted by Gasteiger charge is 2.08. The van der Waals surface area contributed by atoms with Crippen molar-refractivity contribution in [1.29, 1.82) is 5.26 Å². The van der Waals surface area contributed by atoms with E-state index in [2.05, 4.69) is 43.9 Å². The second-order valence-electron chi connectivity index (χ2n) is 4.08. The summed E-state index contributed by atoms with van der Waals surface area (Å²) in [5.41, 5.74) is 2.30. The Labute approximate surface area is 97.6 Å². The molecular weight excluding hydrogens is 196 g/mol. The molecule has 0 radical (unpaired) electrons. The van der Waals surface area contributed by atoms with Crippen LogP contribution in [0.2, 0.25) is 0 Å². The first kappa shape index (κ1) is 12.5. The predicted octanol–water partition coefficient (Wildman–Crippen LogP) is 3.15. The van der Waals surface area contributed by atoms with Gasteiger partial charge in [0.15, 0.2) is 0 Å². The van der Waals surface area contributed by atoms with E-state index >= 15 is 0 Å². The molecule has 0 fully saturated rings. The largest absolute Gasteiger partial charge is 0.295 e. The molecule has 1 aromatic carbocycles. The molecule has 0 aliphatic heterocycles. The Kier molecular flexibility index (Phi) is 4.75. The molecule has 0 saturated heterocycles. The fraction of sp³-hybridized carbons (Fsp3) is 0.357. The lowest BCUT2D eigenvalue weighted by molar-refractivity contribution is 0.682. The van der Waals surface area contributed by atoms with Gasteiger partial charge in [-0.2, -0.15) is 5.26 Å². The van der Waals surface area contributed by atoms with E-state index < -0.39 is 0 Å². The van der Waals surface area contributed by atoms with Crippen molar-refractivity contribution in [2.75, 3.05) is 6.54 Å². The third-order valence-electron chi connectivity index (χ3n) is 2.53. The topological polar surface area (TPSA) is 35.8 Å². The number of benzene rings is 1. The zero-order valence-corrected chi connectivity index (χ0v) is 9.90. The van der Waals surface area contributed by atoms with Crippen LogP contribution in [0.15, 0.2) is 36.9 Å². The second-order valence-corrected chi connectivity index (χ2v) is 4.08. The lowest BCUT2D eigenvalue weighted by Crippen LogP contribution is -2.19. The third kappa shape index (κ3) is 3.22. The Morgan fingerprint density at radius 2 is 1.88 bits per heavy atom. The van der Waals surface area contributed by atoms with E-state index in [9.17, 15) is 0 Å². The quantitative estimate of drug-likeness (QED) is 0.764. The average molecular weight is 214 g/mol. The molecule has 0 amide bonds. The zero-order valence-electron chi connectivity index (χ0n) is 9.90. The number of hydrogen-bond donors (Lipinski definition) is 1. The molecule has 2 nitrogen and oxygen atoms in total. The minimum absolute atomic E-state index is 0.251. The molecule has 1 aromatic rings. The smallest absolute Gasteiger partial charge is 0.121 e. The molecule has 1 atom stereocenters. The van der Waals surface area contributed by atoms with Gasteiger partial charge in [0, 0.05) is 6.54 Å². The van der Waals surface area contributed by atoms with Gasteiger partial charge in [-0.25, -0.2) is 0 Å². The van der Waals surface area contributed by atoms with Crippen molar-refractivity contribution in [1.82, 2.24) is 5.32 Å². The van der Waals surface area contributed by atoms with Crippen LogP contribution in [0.4, 0.5) is 0 Å². The van der Waals surface area contributed by atoms with Crippen molar-refractivity contribution in [3.05, 3.63) is 48.0 Å². The standard InChI is InChI=1S/C14H18N2/c1-4-9-16-14(10-15)13-7-5-12(6-8-13)11(2)3/h4-8,11,14,16H,1,9H2,2-3H3. The van der Waals surface area contributed by atoms with Crippen LogP contribution in [0.25, 0.3) is 0 Å². The van der Waals surface area contributed by atoms with Gasteiger partial charge in [0.25, 0.3) is 0 Å². The maximum atomic E-state index is 9.04. The van der Waals surface area contributed by atoms with Gasteiger partial charge in [-0.05, 0) is 17.0 Å². The highest BCUT2D eigenvalue weighted by molar-refractivity contribution is 5.29. The van der Waals surface area contributed by atoms with Crippen molar-refractivity contribution in [3.63, 3.8) is 0 Å². The summed E-state index contributed by atoms with van der Waals surface area (Å²) in [5, 5.41) is 12.1. The van der Waals surface area contributed by atoms with Gasteiger partial charge >= 0.3 is 0 Å². The maximum absolute atomic E-state index is 9.04. The second kappa shape index (κ2) is 6.09. The van der Waals surface area contributed by atoms with Crippen LogP contribution in [0, 0.1) is 11.3 Å². The minimum Gasteiger partial charge on any atom is -0.295 e. The van der Waals surface area contributed by atoms with Gasteiger partial charge in [0.2, 0.25) is 0 Å². The highest BCUT2D eigenvalue weighted by Crippen LogP contribution is 2.18. The molecule has 1 rings (SSSR count). The molecular formula is C14H18N2. The Morgan fingerprint density at radius 1 is 1.31 bits per heavy atom. The van der Waals surface area contributed by atoms with Crippen molar-refractivity contribution in [2.45, 2.75) is 25.8 Å². The van der Waals surface area contributed by atoms with E-state index in [0.717, 1.165) is 5.56 Å². The molecule has 0 aliphatic rings. The van der Waals surface area contributed by atoms with Crippen LogP contribution < -0.4 is 5.32 Å². The molecule has 0 spiro atoms. The maximum Gasteiger partial charge on any atom is 0.121 e. The molecule has 1 unspecified atom stereocenters. The van der Waals surface area contributed by atoms with Gasteiger partial charge in [-0.1, -0.05) is 44.2 Å². The first-order valence-corrected chi connectivity index (χ1v) is 5.52. The summed E-state index contributed by atoms with van der Waals surface area (Å²) in [5.74, 6) is 0.524. The summed E-state index contributed by atoms with van der Waals surface area (Å²) in [6, 6.07) is 10.2. The first-order valence-electron chi connectivity index (χ1n) is 5.52. The fourth-order valence-corrected chi connectivity index (χ4v) is 1.51. The Bertz CT molecular complexity index is 371. The Hall–Kier alpha value is -1.59. The molecule has 0 saturated carbocycles. The van der Waals surface area contributed by atoms with E-state index in [0.29, 0.717) is 12.5 Å². The Morgan fingerprint density at radius 3 is 2.31 bits per heavy atom. The van der Waals surface area contributed by atoms with Gasteiger partial charge in [0.1, 0.15) is 6.04 Å². The van der Waals surface area contributed by atoms with E-state index in [-0.39, 0.29) is 6.04 Å². The molecule has 0 bridgehead atoms. The highest BCUT2D eigenvalue weighted by atomic mass is 14.9. The normalized spacial score (nSPS) is 12.1. The average Bonchev–Trinajstić information content (AvgIpc) is 2.30. The van der Waals surface area contributed by atoms with Crippen molar-refractivity contribution < 1.29 is 0 Å². The summed E-state index contributed by atoms with van der Waals surface area (Å²) < 4.78 is 0. The molecule has 1 N–H and O–H groups in total. The van der Waals surface area contributed by atoms with Gasteiger partial charge in [0.05, 0.1) is 6.07 Å². The van der Waals surface area contributed by atoms with Crippen molar-refractivity contribution >= 4 is 0 Å². The predicted molar refractivity (Wildman–Crippen MR) is 67.1 cm³/mol. The van der Waals surface area contributed by atoms with Gasteiger partial charge in [-0.15, -0.1) is 6.58 Å². The lowest BCUT2D eigenvalue weighted by atomic mass is 9.99. The molecule has 16 heavy (non-hydrogen) atoms. The van der Waals surface area contributed by atoms with E-state index in [1.54, 1.807) is 6.08 Å².